The van der Waals surface area contributed by atoms with Crippen LogP contribution in [0, 0.1) is 6.92 Å². The molecule has 1 heterocycles. The lowest BCUT2D eigenvalue weighted by atomic mass is 10.0. The lowest BCUT2D eigenvalue weighted by Crippen LogP contribution is -2.04. The van der Waals surface area contributed by atoms with Gasteiger partial charge in [0.15, 0.2) is 0 Å². The van der Waals surface area contributed by atoms with Gasteiger partial charge < -0.3 is 0 Å². The summed E-state index contributed by atoms with van der Waals surface area (Å²) in [5.41, 5.74) is 6.63. The molecule has 0 unspecified atom stereocenters. The molecule has 0 saturated carbocycles. The Kier molecular flexibility index (Phi) is 4.13. The molecule has 25 heavy (non-hydrogen) atoms. The van der Waals surface area contributed by atoms with Gasteiger partial charge in [0.1, 0.15) is 5.69 Å². The third-order valence-corrected chi connectivity index (χ3v) is 4.28. The molecule has 0 radical (unpaired) electrons. The summed E-state index contributed by atoms with van der Waals surface area (Å²) >= 11 is 0. The predicted molar refractivity (Wildman–Crippen MR) is 101 cm³/mol. The van der Waals surface area contributed by atoms with Gasteiger partial charge in [-0.15, -0.1) is 5.10 Å². The maximum absolute atomic E-state index is 4.49. The van der Waals surface area contributed by atoms with Crippen LogP contribution in [0.4, 0.5) is 0 Å². The van der Waals surface area contributed by atoms with Crippen LogP contribution < -0.4 is 0 Å². The molecule has 3 nitrogen and oxygen atoms in total. The van der Waals surface area contributed by atoms with E-state index in [-0.39, 0.29) is 0 Å². The molecular formula is C22H19N3. The molecule has 0 aliphatic heterocycles. The van der Waals surface area contributed by atoms with Crippen LogP contribution in [0.15, 0.2) is 84.9 Å². The van der Waals surface area contributed by atoms with Crippen molar-refractivity contribution < 1.29 is 0 Å². The lowest BCUT2D eigenvalue weighted by molar-refractivity contribution is 0.656. The molecule has 3 heteroatoms. The predicted octanol–water partition coefficient (Wildman–Crippen LogP) is 4.97. The average molecular weight is 325 g/mol. The first-order valence-corrected chi connectivity index (χ1v) is 8.41. The molecule has 0 spiro atoms. The minimum atomic E-state index is 0.698. The van der Waals surface area contributed by atoms with E-state index >= 15 is 0 Å². The smallest absolute Gasteiger partial charge is 0.121 e. The number of benzene rings is 3. The standard InChI is InChI=1S/C22H19N3/c1-17-12-14-20(15-13-17)22-21(19-10-6-3-7-11-19)23-24-25(22)16-18-8-4-2-5-9-18/h2-15H,16H2,1H3. The number of rotatable bonds is 4. The molecule has 0 bridgehead atoms. The van der Waals surface area contributed by atoms with Gasteiger partial charge in [-0.3, -0.25) is 0 Å². The zero-order chi connectivity index (χ0) is 17.1. The molecule has 1 aromatic heterocycles. The van der Waals surface area contributed by atoms with E-state index in [0.717, 1.165) is 22.5 Å². The highest BCUT2D eigenvalue weighted by Crippen LogP contribution is 2.30. The van der Waals surface area contributed by atoms with Crippen LogP contribution in [0.3, 0.4) is 0 Å². The average Bonchev–Trinajstić information content (AvgIpc) is 3.07. The monoisotopic (exact) mass is 325 g/mol. The second kappa shape index (κ2) is 6.73. The molecule has 0 saturated heterocycles. The number of hydrogen-bond acceptors (Lipinski definition) is 2. The van der Waals surface area contributed by atoms with Crippen LogP contribution in [-0.2, 0) is 6.54 Å². The largest absolute Gasteiger partial charge is 0.240 e. The normalized spacial score (nSPS) is 10.8. The summed E-state index contributed by atoms with van der Waals surface area (Å²) < 4.78 is 1.99. The van der Waals surface area contributed by atoms with Gasteiger partial charge in [-0.1, -0.05) is 95.7 Å². The summed E-state index contributed by atoms with van der Waals surface area (Å²) in [4.78, 5) is 0. The Morgan fingerprint density at radius 3 is 2.04 bits per heavy atom. The number of aryl methyl sites for hydroxylation is 1. The number of aromatic nitrogens is 3. The topological polar surface area (TPSA) is 30.7 Å². The van der Waals surface area contributed by atoms with Crippen LogP contribution in [-0.4, -0.2) is 15.0 Å². The van der Waals surface area contributed by atoms with Crippen LogP contribution in [0.2, 0.25) is 0 Å². The Labute approximate surface area is 147 Å². The fraction of sp³-hybridized carbons (Fsp3) is 0.0909. The van der Waals surface area contributed by atoms with Gasteiger partial charge in [0.25, 0.3) is 0 Å². The van der Waals surface area contributed by atoms with E-state index in [1.54, 1.807) is 0 Å². The van der Waals surface area contributed by atoms with Crippen molar-refractivity contribution in [2.24, 2.45) is 0 Å². The Hall–Kier alpha value is -3.20. The highest BCUT2D eigenvalue weighted by Gasteiger charge is 2.16. The number of hydrogen-bond donors (Lipinski definition) is 0. The molecule has 122 valence electrons. The van der Waals surface area contributed by atoms with Crippen molar-refractivity contribution in [1.29, 1.82) is 0 Å². The van der Waals surface area contributed by atoms with Crippen molar-refractivity contribution in [3.63, 3.8) is 0 Å². The Bertz CT molecular complexity index is 955. The molecule has 4 aromatic rings. The summed E-state index contributed by atoms with van der Waals surface area (Å²) in [7, 11) is 0. The van der Waals surface area contributed by atoms with Crippen LogP contribution in [0.5, 0.6) is 0 Å². The van der Waals surface area contributed by atoms with Gasteiger partial charge in [-0.2, -0.15) is 0 Å². The van der Waals surface area contributed by atoms with E-state index in [1.807, 2.05) is 28.9 Å². The molecule has 0 atom stereocenters. The van der Waals surface area contributed by atoms with Gasteiger partial charge in [0.05, 0.1) is 12.2 Å². The summed E-state index contributed by atoms with van der Waals surface area (Å²) in [6.07, 6.45) is 0. The molecular weight excluding hydrogens is 306 g/mol. The van der Waals surface area contributed by atoms with E-state index in [9.17, 15) is 0 Å². The highest BCUT2D eigenvalue weighted by atomic mass is 15.4. The minimum Gasteiger partial charge on any atom is -0.240 e. The summed E-state index contributed by atoms with van der Waals surface area (Å²) in [6.45, 7) is 2.80. The molecule has 0 aliphatic carbocycles. The molecule has 3 aromatic carbocycles. The van der Waals surface area contributed by atoms with Gasteiger partial charge in [0.2, 0.25) is 0 Å². The van der Waals surface area contributed by atoms with E-state index in [4.69, 9.17) is 0 Å². The molecule has 0 fully saturated rings. The first kappa shape index (κ1) is 15.3. The van der Waals surface area contributed by atoms with E-state index in [1.165, 1.54) is 11.1 Å². The van der Waals surface area contributed by atoms with Crippen LogP contribution in [0.1, 0.15) is 11.1 Å². The minimum absolute atomic E-state index is 0.698. The second-order valence-corrected chi connectivity index (χ2v) is 6.16. The lowest BCUT2D eigenvalue weighted by Gasteiger charge is -2.09. The first-order valence-electron chi connectivity index (χ1n) is 8.41. The quantitative estimate of drug-likeness (QED) is 0.530. The second-order valence-electron chi connectivity index (χ2n) is 6.16. The van der Waals surface area contributed by atoms with Crippen LogP contribution in [0.25, 0.3) is 22.5 Å². The van der Waals surface area contributed by atoms with Crippen molar-refractivity contribution >= 4 is 0 Å². The van der Waals surface area contributed by atoms with E-state index in [2.05, 4.69) is 77.9 Å². The first-order chi connectivity index (χ1) is 12.3. The zero-order valence-corrected chi connectivity index (χ0v) is 14.1. The van der Waals surface area contributed by atoms with Gasteiger partial charge in [-0.05, 0) is 12.5 Å². The fourth-order valence-corrected chi connectivity index (χ4v) is 2.97. The van der Waals surface area contributed by atoms with Crippen molar-refractivity contribution in [2.75, 3.05) is 0 Å². The zero-order valence-electron chi connectivity index (χ0n) is 14.1. The summed E-state index contributed by atoms with van der Waals surface area (Å²) in [5.74, 6) is 0. The SMILES string of the molecule is Cc1ccc(-c2c(-c3ccccc3)nnn2Cc2ccccc2)cc1. The maximum Gasteiger partial charge on any atom is 0.121 e. The van der Waals surface area contributed by atoms with E-state index < -0.39 is 0 Å². The Morgan fingerprint density at radius 2 is 1.36 bits per heavy atom. The third kappa shape index (κ3) is 3.22. The summed E-state index contributed by atoms with van der Waals surface area (Å²) in [5, 5.41) is 8.95. The van der Waals surface area contributed by atoms with Gasteiger partial charge in [-0.25, -0.2) is 4.68 Å². The van der Waals surface area contributed by atoms with Crippen molar-refractivity contribution in [1.82, 2.24) is 15.0 Å². The van der Waals surface area contributed by atoms with Crippen molar-refractivity contribution in [2.45, 2.75) is 13.5 Å². The Balaban J connectivity index is 1.84. The molecule has 4 rings (SSSR count). The molecule has 0 aliphatic rings. The van der Waals surface area contributed by atoms with E-state index in [0.29, 0.717) is 6.54 Å². The Morgan fingerprint density at radius 1 is 0.720 bits per heavy atom. The highest BCUT2D eigenvalue weighted by molar-refractivity contribution is 5.78. The third-order valence-electron chi connectivity index (χ3n) is 4.28. The molecule has 0 amide bonds. The van der Waals surface area contributed by atoms with Gasteiger partial charge in [0, 0.05) is 11.1 Å². The van der Waals surface area contributed by atoms with Crippen LogP contribution >= 0.6 is 0 Å². The molecule has 0 N–H and O–H groups in total. The number of nitrogens with zero attached hydrogens (tertiary/aromatic N) is 3. The van der Waals surface area contributed by atoms with Gasteiger partial charge >= 0.3 is 0 Å². The fourth-order valence-electron chi connectivity index (χ4n) is 2.97. The van der Waals surface area contributed by atoms with Crippen molar-refractivity contribution in [3.8, 4) is 22.5 Å². The van der Waals surface area contributed by atoms with Crippen molar-refractivity contribution in [3.05, 3.63) is 96.1 Å². The maximum atomic E-state index is 4.49. The summed E-state index contributed by atoms with van der Waals surface area (Å²) in [6, 6.07) is 29.1.